The minimum atomic E-state index is -0.423. The van der Waals surface area contributed by atoms with Gasteiger partial charge in [-0.2, -0.15) is 4.98 Å². The number of carbonyl (C=O) groups is 1. The Morgan fingerprint density at radius 2 is 2.10 bits per heavy atom. The lowest BCUT2D eigenvalue weighted by molar-refractivity contribution is -0.139. The lowest BCUT2D eigenvalue weighted by Gasteiger charge is -2.28. The van der Waals surface area contributed by atoms with E-state index in [-0.39, 0.29) is 5.97 Å². The maximum atomic E-state index is 12.8. The number of benzene rings is 1. The molecule has 0 saturated carbocycles. The van der Waals surface area contributed by atoms with E-state index in [1.165, 1.54) is 11.8 Å². The Bertz CT molecular complexity index is 1080. The van der Waals surface area contributed by atoms with Crippen LogP contribution in [0, 0.1) is 0 Å². The van der Waals surface area contributed by atoms with Gasteiger partial charge in [-0.05, 0) is 43.2 Å². The normalized spacial score (nSPS) is 15.5. The number of esters is 1. The molecule has 30 heavy (non-hydrogen) atoms. The summed E-state index contributed by atoms with van der Waals surface area (Å²) in [5.74, 6) is 0.945. The lowest BCUT2D eigenvalue weighted by atomic mass is 9.96. The first-order chi connectivity index (χ1) is 14.6. The SMILES string of the molecule is CCOC(=O)C1=C(C)Nc2nc(SCc3cccnc3)nn2[C@H]1c1ccc(Br)cc1. The zero-order valence-corrected chi connectivity index (χ0v) is 18.9. The van der Waals surface area contributed by atoms with Crippen molar-refractivity contribution < 1.29 is 9.53 Å². The topological polar surface area (TPSA) is 81.9 Å². The fourth-order valence-corrected chi connectivity index (χ4v) is 4.28. The number of hydrogen-bond acceptors (Lipinski definition) is 7. The van der Waals surface area contributed by atoms with Gasteiger partial charge in [0.2, 0.25) is 11.1 Å². The monoisotopic (exact) mass is 485 g/mol. The summed E-state index contributed by atoms with van der Waals surface area (Å²) in [6.45, 7) is 3.96. The molecule has 0 unspecified atom stereocenters. The molecule has 9 heteroatoms. The van der Waals surface area contributed by atoms with Crippen molar-refractivity contribution in [1.29, 1.82) is 0 Å². The number of aromatic nitrogens is 4. The summed E-state index contributed by atoms with van der Waals surface area (Å²) in [5, 5.41) is 8.54. The molecule has 0 amide bonds. The van der Waals surface area contributed by atoms with Crippen LogP contribution in [0.1, 0.15) is 31.0 Å². The smallest absolute Gasteiger partial charge is 0.338 e. The van der Waals surface area contributed by atoms with Gasteiger partial charge in [0.1, 0.15) is 6.04 Å². The van der Waals surface area contributed by atoms with Crippen molar-refractivity contribution in [2.75, 3.05) is 11.9 Å². The van der Waals surface area contributed by atoms with Crippen molar-refractivity contribution in [3.63, 3.8) is 0 Å². The van der Waals surface area contributed by atoms with E-state index in [0.29, 0.717) is 34.7 Å². The molecule has 4 rings (SSSR count). The van der Waals surface area contributed by atoms with Crippen molar-refractivity contribution in [2.45, 2.75) is 30.8 Å². The molecule has 2 aromatic heterocycles. The number of fused-ring (bicyclic) bond motifs is 1. The van der Waals surface area contributed by atoms with Crippen LogP contribution in [-0.2, 0) is 15.3 Å². The average Bonchev–Trinajstić information content (AvgIpc) is 3.15. The molecule has 7 nitrogen and oxygen atoms in total. The predicted octanol–water partition coefficient (Wildman–Crippen LogP) is 4.58. The zero-order chi connectivity index (χ0) is 21.1. The van der Waals surface area contributed by atoms with Crippen LogP contribution in [0.15, 0.2) is 69.7 Å². The van der Waals surface area contributed by atoms with E-state index in [4.69, 9.17) is 9.84 Å². The van der Waals surface area contributed by atoms with Gasteiger partial charge >= 0.3 is 5.97 Å². The van der Waals surface area contributed by atoms with Crippen molar-refractivity contribution in [2.24, 2.45) is 0 Å². The second kappa shape index (κ2) is 9.01. The number of allylic oxidation sites excluding steroid dienone is 1. The minimum Gasteiger partial charge on any atom is -0.463 e. The number of halogens is 1. The van der Waals surface area contributed by atoms with Crippen LogP contribution in [0.3, 0.4) is 0 Å². The fourth-order valence-electron chi connectivity index (χ4n) is 3.25. The molecule has 1 aliphatic heterocycles. The third kappa shape index (κ3) is 4.27. The number of anilines is 1. The Labute approximate surface area is 187 Å². The summed E-state index contributed by atoms with van der Waals surface area (Å²) in [7, 11) is 0. The first kappa shape index (κ1) is 20.6. The molecule has 0 fully saturated rings. The Hall–Kier alpha value is -2.65. The van der Waals surface area contributed by atoms with Gasteiger partial charge in [-0.3, -0.25) is 4.98 Å². The van der Waals surface area contributed by atoms with Crippen molar-refractivity contribution in [3.05, 3.63) is 75.7 Å². The molecule has 0 aliphatic carbocycles. The molecule has 0 radical (unpaired) electrons. The number of thioether (sulfide) groups is 1. The largest absolute Gasteiger partial charge is 0.463 e. The van der Waals surface area contributed by atoms with Gasteiger partial charge in [-0.15, -0.1) is 5.10 Å². The summed E-state index contributed by atoms with van der Waals surface area (Å²) in [4.78, 5) is 21.6. The van der Waals surface area contributed by atoms with E-state index in [1.54, 1.807) is 17.8 Å². The van der Waals surface area contributed by atoms with Gasteiger partial charge in [0.05, 0.1) is 12.2 Å². The van der Waals surface area contributed by atoms with Crippen LogP contribution >= 0.6 is 27.7 Å². The quantitative estimate of drug-likeness (QED) is 0.404. The number of nitrogens with zero attached hydrogens (tertiary/aromatic N) is 4. The van der Waals surface area contributed by atoms with E-state index in [9.17, 15) is 4.79 Å². The van der Waals surface area contributed by atoms with E-state index >= 15 is 0 Å². The van der Waals surface area contributed by atoms with Gasteiger partial charge in [-0.25, -0.2) is 9.48 Å². The molecular weight excluding hydrogens is 466 g/mol. The lowest BCUT2D eigenvalue weighted by Crippen LogP contribution is -2.29. The highest BCUT2D eigenvalue weighted by molar-refractivity contribution is 9.10. The summed E-state index contributed by atoms with van der Waals surface area (Å²) in [6, 6.07) is 11.3. The summed E-state index contributed by atoms with van der Waals surface area (Å²) < 4.78 is 8.06. The van der Waals surface area contributed by atoms with Crippen LogP contribution in [-0.4, -0.2) is 32.3 Å². The molecule has 3 heterocycles. The maximum absolute atomic E-state index is 12.8. The number of hydrogen-bond donors (Lipinski definition) is 1. The number of nitrogens with one attached hydrogen (secondary N) is 1. The Morgan fingerprint density at radius 1 is 1.30 bits per heavy atom. The maximum Gasteiger partial charge on any atom is 0.338 e. The molecule has 0 saturated heterocycles. The van der Waals surface area contributed by atoms with Crippen LogP contribution in [0.4, 0.5) is 5.95 Å². The van der Waals surface area contributed by atoms with Crippen molar-refractivity contribution >= 4 is 39.6 Å². The van der Waals surface area contributed by atoms with Crippen LogP contribution in [0.2, 0.25) is 0 Å². The highest BCUT2D eigenvalue weighted by Crippen LogP contribution is 2.37. The number of pyridine rings is 1. The third-order valence-electron chi connectivity index (χ3n) is 4.60. The standard InChI is InChI=1S/C21H20BrN5O2S/c1-3-29-19(28)17-13(2)24-20-25-21(30-12-14-5-4-10-23-11-14)26-27(20)18(17)15-6-8-16(22)9-7-15/h4-11,18H,3,12H2,1-2H3,(H,24,25,26)/t18-/m0/s1. The van der Waals surface area contributed by atoms with Gasteiger partial charge in [0.25, 0.3) is 0 Å². The zero-order valence-electron chi connectivity index (χ0n) is 16.5. The highest BCUT2D eigenvalue weighted by atomic mass is 79.9. The number of rotatable bonds is 6. The second-order valence-corrected chi connectivity index (χ2v) is 8.51. The summed E-state index contributed by atoms with van der Waals surface area (Å²) in [5.41, 5.74) is 3.26. The molecule has 154 valence electrons. The van der Waals surface area contributed by atoms with E-state index in [1.807, 2.05) is 49.5 Å². The van der Waals surface area contributed by atoms with Crippen LogP contribution in [0.5, 0.6) is 0 Å². The minimum absolute atomic E-state index is 0.305. The Morgan fingerprint density at radius 3 is 2.80 bits per heavy atom. The highest BCUT2D eigenvalue weighted by Gasteiger charge is 2.35. The third-order valence-corrected chi connectivity index (χ3v) is 6.04. The average molecular weight is 486 g/mol. The van der Waals surface area contributed by atoms with Crippen LogP contribution in [0.25, 0.3) is 0 Å². The molecule has 0 bridgehead atoms. The van der Waals surface area contributed by atoms with Crippen molar-refractivity contribution in [3.8, 4) is 0 Å². The second-order valence-electron chi connectivity index (χ2n) is 6.65. The Balaban J connectivity index is 1.70. The molecule has 0 spiro atoms. The van der Waals surface area contributed by atoms with E-state index in [2.05, 4.69) is 31.2 Å². The van der Waals surface area contributed by atoms with Gasteiger partial charge < -0.3 is 10.1 Å². The summed E-state index contributed by atoms with van der Waals surface area (Å²) >= 11 is 4.99. The van der Waals surface area contributed by atoms with Gasteiger partial charge in [-0.1, -0.05) is 45.9 Å². The van der Waals surface area contributed by atoms with Crippen molar-refractivity contribution in [1.82, 2.24) is 19.7 Å². The van der Waals surface area contributed by atoms with Crippen LogP contribution < -0.4 is 5.32 Å². The summed E-state index contributed by atoms with van der Waals surface area (Å²) in [6.07, 6.45) is 3.58. The number of ether oxygens (including phenoxy) is 1. The molecule has 1 aromatic carbocycles. The first-order valence-corrected chi connectivity index (χ1v) is 11.2. The fraction of sp³-hybridized carbons (Fsp3) is 0.238. The molecule has 1 atom stereocenters. The Kier molecular flexibility index (Phi) is 6.19. The van der Waals surface area contributed by atoms with Gasteiger partial charge in [0, 0.05) is 28.3 Å². The molecule has 3 aromatic rings. The predicted molar refractivity (Wildman–Crippen MR) is 119 cm³/mol. The van der Waals surface area contributed by atoms with Gasteiger partial charge in [0.15, 0.2) is 0 Å². The van der Waals surface area contributed by atoms with E-state index in [0.717, 1.165) is 15.6 Å². The van der Waals surface area contributed by atoms with E-state index < -0.39 is 6.04 Å². The molecule has 1 aliphatic rings. The molecular formula is C21H20BrN5O2S. The molecule has 1 N–H and O–H groups in total. The first-order valence-electron chi connectivity index (χ1n) is 9.45. The number of carbonyl (C=O) groups excluding carboxylic acids is 1.